The standard InChI is InChI=1S/C26H29N3O2/c1-5-6-8-18-11-12-23-22(14-18)21(20-10-7-9-19(13-20)16-27)15-24(28-23)29(4)25(17(2)3)26(30)31/h7,9-15,17,25H,5-6,8H2,1-4H3,(H,30,31). The number of carboxylic acids is 1. The van der Waals surface area contributed by atoms with Crippen molar-refractivity contribution in [3.05, 3.63) is 59.7 Å². The number of aryl methyl sites for hydroxylation is 1. The number of rotatable bonds is 8. The van der Waals surface area contributed by atoms with E-state index in [4.69, 9.17) is 4.98 Å². The largest absolute Gasteiger partial charge is 0.480 e. The molecule has 0 amide bonds. The minimum absolute atomic E-state index is 0.0817. The van der Waals surface area contributed by atoms with Gasteiger partial charge in [-0.25, -0.2) is 9.78 Å². The van der Waals surface area contributed by atoms with E-state index in [0.717, 1.165) is 41.3 Å². The SMILES string of the molecule is CCCCc1ccc2nc(N(C)C(C(=O)O)C(C)C)cc(-c3cccc(C#N)c3)c2c1. The molecule has 0 aliphatic rings. The second kappa shape index (κ2) is 9.61. The fraction of sp³-hybridized carbons (Fsp3) is 0.346. The molecule has 0 saturated heterocycles. The molecule has 1 N–H and O–H groups in total. The highest BCUT2D eigenvalue weighted by Gasteiger charge is 2.27. The number of nitrogens with zero attached hydrogens (tertiary/aromatic N) is 3. The Labute approximate surface area is 184 Å². The summed E-state index contributed by atoms with van der Waals surface area (Å²) in [7, 11) is 1.78. The molecule has 0 spiro atoms. The zero-order chi connectivity index (χ0) is 22.5. The first-order chi connectivity index (χ1) is 14.8. The lowest BCUT2D eigenvalue weighted by atomic mass is 9.96. The molecule has 0 aliphatic heterocycles. The molecule has 31 heavy (non-hydrogen) atoms. The Hall–Kier alpha value is -3.39. The number of unbranched alkanes of at least 4 members (excludes halogenated alkanes) is 1. The number of anilines is 1. The highest BCUT2D eigenvalue weighted by atomic mass is 16.4. The first-order valence-corrected chi connectivity index (χ1v) is 10.8. The Kier molecular flexibility index (Phi) is 6.91. The fourth-order valence-electron chi connectivity index (χ4n) is 4.01. The Bertz CT molecular complexity index is 1130. The third-order valence-corrected chi connectivity index (χ3v) is 5.64. The maximum absolute atomic E-state index is 11.9. The summed E-state index contributed by atoms with van der Waals surface area (Å²) in [5.41, 5.74) is 4.53. The van der Waals surface area contributed by atoms with E-state index in [2.05, 4.69) is 25.1 Å². The molecule has 3 rings (SSSR count). The van der Waals surface area contributed by atoms with E-state index < -0.39 is 12.0 Å². The van der Waals surface area contributed by atoms with Gasteiger partial charge in [0.15, 0.2) is 0 Å². The number of aliphatic carboxylic acids is 1. The summed E-state index contributed by atoms with van der Waals surface area (Å²) in [5, 5.41) is 20.1. The minimum atomic E-state index is -0.873. The summed E-state index contributed by atoms with van der Waals surface area (Å²) < 4.78 is 0. The van der Waals surface area contributed by atoms with Gasteiger partial charge in [-0.05, 0) is 65.8 Å². The van der Waals surface area contributed by atoms with Gasteiger partial charge >= 0.3 is 5.97 Å². The molecular formula is C26H29N3O2. The van der Waals surface area contributed by atoms with Gasteiger partial charge in [-0.15, -0.1) is 0 Å². The van der Waals surface area contributed by atoms with Gasteiger partial charge in [0, 0.05) is 12.4 Å². The molecule has 0 radical (unpaired) electrons. The van der Waals surface area contributed by atoms with Crippen molar-refractivity contribution >= 4 is 22.7 Å². The van der Waals surface area contributed by atoms with E-state index in [-0.39, 0.29) is 5.92 Å². The van der Waals surface area contributed by atoms with Crippen LogP contribution in [0.3, 0.4) is 0 Å². The number of carbonyl (C=O) groups is 1. The lowest BCUT2D eigenvalue weighted by Crippen LogP contribution is -2.42. The van der Waals surface area contributed by atoms with Crippen LogP contribution in [0.2, 0.25) is 0 Å². The summed E-state index contributed by atoms with van der Waals surface area (Å²) in [6.07, 6.45) is 3.25. The van der Waals surface area contributed by atoms with Crippen LogP contribution in [0.15, 0.2) is 48.5 Å². The molecule has 0 aliphatic carbocycles. The molecule has 1 aromatic heterocycles. The lowest BCUT2D eigenvalue weighted by Gasteiger charge is -2.29. The second-order valence-corrected chi connectivity index (χ2v) is 8.31. The number of hydrogen-bond donors (Lipinski definition) is 1. The van der Waals surface area contributed by atoms with Gasteiger partial charge in [0.1, 0.15) is 11.9 Å². The van der Waals surface area contributed by atoms with Crippen LogP contribution < -0.4 is 4.90 Å². The van der Waals surface area contributed by atoms with Crippen LogP contribution in [0, 0.1) is 17.2 Å². The minimum Gasteiger partial charge on any atom is -0.480 e. The number of likely N-dealkylation sites (N-methyl/N-ethyl adjacent to an activating group) is 1. The van der Waals surface area contributed by atoms with Gasteiger partial charge in [0.05, 0.1) is 17.1 Å². The molecular weight excluding hydrogens is 386 g/mol. The van der Waals surface area contributed by atoms with E-state index in [9.17, 15) is 15.2 Å². The van der Waals surface area contributed by atoms with E-state index in [0.29, 0.717) is 11.4 Å². The lowest BCUT2D eigenvalue weighted by molar-refractivity contribution is -0.139. The molecule has 0 saturated carbocycles. The van der Waals surface area contributed by atoms with Crippen molar-refractivity contribution in [2.24, 2.45) is 5.92 Å². The summed E-state index contributed by atoms with van der Waals surface area (Å²) in [6.45, 7) is 5.97. The predicted molar refractivity (Wildman–Crippen MR) is 125 cm³/mol. The molecule has 0 fully saturated rings. The Morgan fingerprint density at radius 1 is 1.19 bits per heavy atom. The van der Waals surface area contributed by atoms with Crippen molar-refractivity contribution in [1.29, 1.82) is 5.26 Å². The summed E-state index contributed by atoms with van der Waals surface area (Å²) >= 11 is 0. The highest BCUT2D eigenvalue weighted by Crippen LogP contribution is 2.33. The molecule has 1 heterocycles. The van der Waals surface area contributed by atoms with Gasteiger partial charge in [-0.3, -0.25) is 0 Å². The highest BCUT2D eigenvalue weighted by molar-refractivity contribution is 5.97. The van der Waals surface area contributed by atoms with Gasteiger partial charge in [0.2, 0.25) is 0 Å². The number of fused-ring (bicyclic) bond motifs is 1. The van der Waals surface area contributed by atoms with Crippen LogP contribution in [0.4, 0.5) is 5.82 Å². The molecule has 1 unspecified atom stereocenters. The van der Waals surface area contributed by atoms with Crippen molar-refractivity contribution in [3.63, 3.8) is 0 Å². The number of nitriles is 1. The van der Waals surface area contributed by atoms with Gasteiger partial charge in [-0.2, -0.15) is 5.26 Å². The Balaban J connectivity index is 2.22. The van der Waals surface area contributed by atoms with E-state index in [1.807, 2.05) is 44.2 Å². The molecule has 5 nitrogen and oxygen atoms in total. The Morgan fingerprint density at radius 2 is 1.97 bits per heavy atom. The van der Waals surface area contributed by atoms with Crippen molar-refractivity contribution < 1.29 is 9.90 Å². The normalized spacial score (nSPS) is 12.0. The average molecular weight is 416 g/mol. The number of aromatic nitrogens is 1. The van der Waals surface area contributed by atoms with E-state index in [1.165, 1.54) is 5.56 Å². The summed E-state index contributed by atoms with van der Waals surface area (Å²) in [5.74, 6) is -0.351. The Morgan fingerprint density at radius 3 is 2.61 bits per heavy atom. The topological polar surface area (TPSA) is 77.2 Å². The maximum atomic E-state index is 11.9. The molecule has 3 aromatic rings. The first-order valence-electron chi connectivity index (χ1n) is 10.8. The molecule has 1 atom stereocenters. The maximum Gasteiger partial charge on any atom is 0.326 e. The summed E-state index contributed by atoms with van der Waals surface area (Å²) in [4.78, 5) is 18.4. The van der Waals surface area contributed by atoms with Gasteiger partial charge < -0.3 is 10.0 Å². The van der Waals surface area contributed by atoms with Crippen molar-refractivity contribution in [2.75, 3.05) is 11.9 Å². The predicted octanol–water partition coefficient (Wildman–Crippen LogP) is 5.66. The van der Waals surface area contributed by atoms with E-state index >= 15 is 0 Å². The smallest absolute Gasteiger partial charge is 0.326 e. The van der Waals surface area contributed by atoms with Crippen LogP contribution in [-0.4, -0.2) is 29.1 Å². The van der Waals surface area contributed by atoms with Crippen LogP contribution in [0.1, 0.15) is 44.7 Å². The average Bonchev–Trinajstić information content (AvgIpc) is 2.76. The first kappa shape index (κ1) is 22.3. The monoisotopic (exact) mass is 415 g/mol. The zero-order valence-corrected chi connectivity index (χ0v) is 18.6. The number of pyridine rings is 1. The van der Waals surface area contributed by atoms with Gasteiger partial charge in [0.25, 0.3) is 0 Å². The van der Waals surface area contributed by atoms with Crippen molar-refractivity contribution in [2.45, 2.75) is 46.1 Å². The van der Waals surface area contributed by atoms with Crippen LogP contribution in [-0.2, 0) is 11.2 Å². The number of benzene rings is 2. The zero-order valence-electron chi connectivity index (χ0n) is 18.6. The van der Waals surface area contributed by atoms with Crippen LogP contribution >= 0.6 is 0 Å². The third-order valence-electron chi connectivity index (χ3n) is 5.64. The van der Waals surface area contributed by atoms with Crippen molar-refractivity contribution in [1.82, 2.24) is 4.98 Å². The van der Waals surface area contributed by atoms with Crippen LogP contribution in [0.25, 0.3) is 22.0 Å². The van der Waals surface area contributed by atoms with Crippen molar-refractivity contribution in [3.8, 4) is 17.2 Å². The van der Waals surface area contributed by atoms with Gasteiger partial charge in [-0.1, -0.05) is 45.4 Å². The second-order valence-electron chi connectivity index (χ2n) is 8.31. The van der Waals surface area contributed by atoms with Crippen LogP contribution in [0.5, 0.6) is 0 Å². The molecule has 0 bridgehead atoms. The fourth-order valence-corrected chi connectivity index (χ4v) is 4.01. The number of hydrogen-bond acceptors (Lipinski definition) is 4. The third kappa shape index (κ3) is 4.86. The number of carboxylic acid groups (broad SMARTS) is 1. The summed E-state index contributed by atoms with van der Waals surface area (Å²) in [6, 6.07) is 17.3. The molecule has 2 aromatic carbocycles. The quantitative estimate of drug-likeness (QED) is 0.513. The molecule has 160 valence electrons. The molecule has 5 heteroatoms. The van der Waals surface area contributed by atoms with E-state index in [1.54, 1.807) is 18.0 Å².